The number of rotatable bonds is 2. The van der Waals surface area contributed by atoms with Crippen molar-refractivity contribution in [2.75, 3.05) is 13.1 Å². The van der Waals surface area contributed by atoms with Gasteiger partial charge in [-0.1, -0.05) is 0 Å². The smallest absolute Gasteiger partial charge is 0.0855 e. The van der Waals surface area contributed by atoms with Gasteiger partial charge in [0.2, 0.25) is 0 Å². The zero-order chi connectivity index (χ0) is 7.56. The quantitative estimate of drug-likeness (QED) is 0.591. The van der Waals surface area contributed by atoms with Crippen LogP contribution in [-0.4, -0.2) is 36.4 Å². The maximum absolute atomic E-state index is 5.61. The largest absolute Gasteiger partial charge is 0.359 e. The molecule has 0 aromatic rings. The standard InChI is InChI=1S/C7H15N3/c1-6(8)3-10-4-7(2)9-5-10/h5-7H,3-4,8H2,1-2H3. The van der Waals surface area contributed by atoms with Crippen LogP contribution in [0, 0.1) is 0 Å². The van der Waals surface area contributed by atoms with Gasteiger partial charge in [0.15, 0.2) is 0 Å². The van der Waals surface area contributed by atoms with Crippen LogP contribution in [0.1, 0.15) is 13.8 Å². The summed E-state index contributed by atoms with van der Waals surface area (Å²) < 4.78 is 0. The molecular weight excluding hydrogens is 126 g/mol. The second kappa shape index (κ2) is 3.01. The normalized spacial score (nSPS) is 27.5. The van der Waals surface area contributed by atoms with Crippen molar-refractivity contribution in [3.8, 4) is 0 Å². The Morgan fingerprint density at radius 3 is 3.00 bits per heavy atom. The molecule has 1 aliphatic rings. The van der Waals surface area contributed by atoms with Crippen LogP contribution in [0.4, 0.5) is 0 Å². The summed E-state index contributed by atoms with van der Waals surface area (Å²) in [5.74, 6) is 0. The average Bonchev–Trinajstić information content (AvgIpc) is 2.13. The molecule has 58 valence electrons. The highest BCUT2D eigenvalue weighted by atomic mass is 15.2. The summed E-state index contributed by atoms with van der Waals surface area (Å²) in [6.07, 6.45) is 1.90. The van der Waals surface area contributed by atoms with Gasteiger partial charge in [-0.15, -0.1) is 0 Å². The molecular formula is C7H15N3. The highest BCUT2D eigenvalue weighted by Gasteiger charge is 2.12. The molecule has 0 aromatic heterocycles. The van der Waals surface area contributed by atoms with Crippen molar-refractivity contribution in [2.24, 2.45) is 10.7 Å². The molecule has 1 rings (SSSR count). The third kappa shape index (κ3) is 1.99. The maximum Gasteiger partial charge on any atom is 0.0855 e. The lowest BCUT2D eigenvalue weighted by Gasteiger charge is -2.16. The van der Waals surface area contributed by atoms with Crippen LogP contribution in [0.3, 0.4) is 0 Å². The predicted molar refractivity (Wildman–Crippen MR) is 43.2 cm³/mol. The lowest BCUT2D eigenvalue weighted by atomic mass is 10.3. The molecule has 0 radical (unpaired) electrons. The summed E-state index contributed by atoms with van der Waals surface area (Å²) in [6, 6.07) is 0.704. The Hall–Kier alpha value is -0.570. The van der Waals surface area contributed by atoms with E-state index in [-0.39, 0.29) is 6.04 Å². The molecule has 0 saturated heterocycles. The molecule has 3 nitrogen and oxygen atoms in total. The highest BCUT2D eigenvalue weighted by molar-refractivity contribution is 5.57. The van der Waals surface area contributed by atoms with Crippen molar-refractivity contribution in [3.05, 3.63) is 0 Å². The van der Waals surface area contributed by atoms with Gasteiger partial charge in [0.05, 0.1) is 12.4 Å². The Balaban J connectivity index is 2.26. The summed E-state index contributed by atoms with van der Waals surface area (Å²) in [5.41, 5.74) is 5.61. The summed E-state index contributed by atoms with van der Waals surface area (Å²) >= 11 is 0. The first-order valence-corrected chi connectivity index (χ1v) is 3.71. The number of hydrogen-bond acceptors (Lipinski definition) is 3. The molecule has 0 fully saturated rings. The summed E-state index contributed by atoms with van der Waals surface area (Å²) in [6.45, 7) is 6.07. The molecule has 3 heteroatoms. The summed E-state index contributed by atoms with van der Waals surface area (Å²) in [4.78, 5) is 6.38. The minimum Gasteiger partial charge on any atom is -0.359 e. The maximum atomic E-state index is 5.61. The van der Waals surface area contributed by atoms with E-state index in [2.05, 4.69) is 16.8 Å². The molecule has 0 saturated carbocycles. The molecule has 0 amide bonds. The molecule has 10 heavy (non-hydrogen) atoms. The van der Waals surface area contributed by atoms with Gasteiger partial charge in [-0.05, 0) is 13.8 Å². The topological polar surface area (TPSA) is 41.6 Å². The Labute approximate surface area is 61.9 Å². The third-order valence-electron chi connectivity index (χ3n) is 1.51. The lowest BCUT2D eigenvalue weighted by molar-refractivity contribution is 0.412. The van der Waals surface area contributed by atoms with E-state index in [4.69, 9.17) is 5.73 Å². The fourth-order valence-corrected chi connectivity index (χ4v) is 1.13. The van der Waals surface area contributed by atoms with Crippen LogP contribution >= 0.6 is 0 Å². The van der Waals surface area contributed by atoms with Gasteiger partial charge in [0, 0.05) is 19.1 Å². The van der Waals surface area contributed by atoms with Gasteiger partial charge in [0.25, 0.3) is 0 Å². The zero-order valence-corrected chi connectivity index (χ0v) is 6.62. The van der Waals surface area contributed by atoms with Crippen molar-refractivity contribution in [1.82, 2.24) is 4.90 Å². The summed E-state index contributed by atoms with van der Waals surface area (Å²) in [7, 11) is 0. The molecule has 0 bridgehead atoms. The van der Waals surface area contributed by atoms with E-state index in [0.717, 1.165) is 13.1 Å². The fraction of sp³-hybridized carbons (Fsp3) is 0.857. The van der Waals surface area contributed by atoms with E-state index >= 15 is 0 Å². The SMILES string of the molecule is CC(N)CN1C=NC(C)C1. The van der Waals surface area contributed by atoms with E-state index in [1.165, 1.54) is 0 Å². The molecule has 2 atom stereocenters. The monoisotopic (exact) mass is 141 g/mol. The fourth-order valence-electron chi connectivity index (χ4n) is 1.13. The van der Waals surface area contributed by atoms with Crippen molar-refractivity contribution >= 4 is 6.34 Å². The van der Waals surface area contributed by atoms with Gasteiger partial charge in [-0.2, -0.15) is 0 Å². The van der Waals surface area contributed by atoms with Gasteiger partial charge >= 0.3 is 0 Å². The molecule has 1 aliphatic heterocycles. The van der Waals surface area contributed by atoms with Crippen LogP contribution < -0.4 is 5.73 Å². The third-order valence-corrected chi connectivity index (χ3v) is 1.51. The Kier molecular flexibility index (Phi) is 2.27. The van der Waals surface area contributed by atoms with Gasteiger partial charge in [-0.3, -0.25) is 4.99 Å². The molecule has 2 unspecified atom stereocenters. The molecule has 0 aliphatic carbocycles. The Bertz CT molecular complexity index is 131. The van der Waals surface area contributed by atoms with Gasteiger partial charge < -0.3 is 10.6 Å². The van der Waals surface area contributed by atoms with Crippen molar-refractivity contribution in [2.45, 2.75) is 25.9 Å². The van der Waals surface area contributed by atoms with Crippen LogP contribution in [0.25, 0.3) is 0 Å². The van der Waals surface area contributed by atoms with Crippen molar-refractivity contribution in [3.63, 3.8) is 0 Å². The van der Waals surface area contributed by atoms with Crippen molar-refractivity contribution in [1.29, 1.82) is 0 Å². The second-order valence-corrected chi connectivity index (χ2v) is 3.04. The molecule has 2 N–H and O–H groups in total. The number of aliphatic imine (C=N–C) groups is 1. The first kappa shape index (κ1) is 7.54. The van der Waals surface area contributed by atoms with E-state index in [0.29, 0.717) is 6.04 Å². The highest BCUT2D eigenvalue weighted by Crippen LogP contribution is 2.01. The zero-order valence-electron chi connectivity index (χ0n) is 6.62. The first-order chi connectivity index (χ1) is 4.68. The average molecular weight is 141 g/mol. The Morgan fingerprint density at radius 1 is 1.90 bits per heavy atom. The van der Waals surface area contributed by atoms with Crippen LogP contribution in [0.15, 0.2) is 4.99 Å². The minimum absolute atomic E-state index is 0.247. The molecule has 0 spiro atoms. The Morgan fingerprint density at radius 2 is 2.60 bits per heavy atom. The van der Waals surface area contributed by atoms with Gasteiger partial charge in [-0.25, -0.2) is 0 Å². The minimum atomic E-state index is 0.247. The number of nitrogens with zero attached hydrogens (tertiary/aromatic N) is 2. The first-order valence-electron chi connectivity index (χ1n) is 3.71. The van der Waals surface area contributed by atoms with E-state index in [1.807, 2.05) is 13.3 Å². The van der Waals surface area contributed by atoms with Crippen LogP contribution in [0.2, 0.25) is 0 Å². The lowest BCUT2D eigenvalue weighted by Crippen LogP contribution is -2.34. The van der Waals surface area contributed by atoms with Gasteiger partial charge in [0.1, 0.15) is 0 Å². The van der Waals surface area contributed by atoms with E-state index in [1.54, 1.807) is 0 Å². The summed E-state index contributed by atoms with van der Waals surface area (Å²) in [5, 5.41) is 0. The molecule has 1 heterocycles. The number of nitrogens with two attached hydrogens (primary N) is 1. The predicted octanol–water partition coefficient (Wildman–Crippen LogP) is 0.0660. The molecule has 0 aromatic carbocycles. The van der Waals surface area contributed by atoms with E-state index in [9.17, 15) is 0 Å². The van der Waals surface area contributed by atoms with Crippen molar-refractivity contribution < 1.29 is 0 Å². The second-order valence-electron chi connectivity index (χ2n) is 3.04. The van der Waals surface area contributed by atoms with Crippen LogP contribution in [0.5, 0.6) is 0 Å². The van der Waals surface area contributed by atoms with E-state index < -0.39 is 0 Å². The van der Waals surface area contributed by atoms with Crippen LogP contribution in [-0.2, 0) is 0 Å². The number of hydrogen-bond donors (Lipinski definition) is 1.